The smallest absolute Gasteiger partial charge is 0.416 e. The van der Waals surface area contributed by atoms with Gasteiger partial charge in [-0.15, -0.1) is 0 Å². The topological polar surface area (TPSA) is 38.3 Å². The Morgan fingerprint density at radius 2 is 1.35 bits per heavy atom. The number of halogens is 6. The van der Waals surface area contributed by atoms with Crippen molar-refractivity contribution >= 4 is 11.7 Å². The first-order valence-electron chi connectivity index (χ1n) is 11.6. The second kappa shape index (κ2) is 11.3. The average Bonchev–Trinajstić information content (AvgIpc) is 2.84. The number of carbonyl (C=O) groups is 1. The van der Waals surface area contributed by atoms with Crippen molar-refractivity contribution in [3.63, 3.8) is 0 Å². The third-order valence-electron chi connectivity index (χ3n) is 5.87. The minimum atomic E-state index is -4.47. The van der Waals surface area contributed by atoms with Gasteiger partial charge >= 0.3 is 18.3 Å². The number of nitrogens with one attached hydrogen (secondary N) is 1. The van der Waals surface area contributed by atoms with Crippen LogP contribution >= 0.6 is 0 Å². The van der Waals surface area contributed by atoms with Gasteiger partial charge in [0.05, 0.1) is 24.2 Å². The summed E-state index contributed by atoms with van der Waals surface area (Å²) >= 11 is 0. The fourth-order valence-electron chi connectivity index (χ4n) is 3.97. The van der Waals surface area contributed by atoms with Gasteiger partial charge in [0.25, 0.3) is 0 Å². The molecule has 0 fully saturated rings. The maximum atomic E-state index is 13.0. The summed E-state index contributed by atoms with van der Waals surface area (Å²) in [6.07, 6.45) is -8.42. The number of alkyl halides is 6. The standard InChI is InChI=1S/C28H27F6NO2/c1-17(2)12-25(26(36)37-3)21-13-20(19-6-10-23(11-7-19)28(32,33)34)14-24(15-21)35-16-18-4-8-22(9-5-18)27(29,30)31/h4-11,13-15,17,25,35H,12,16H2,1-3H3. The van der Waals surface area contributed by atoms with Gasteiger partial charge in [-0.25, -0.2) is 0 Å². The van der Waals surface area contributed by atoms with E-state index in [2.05, 4.69) is 5.32 Å². The normalized spacial score (nSPS) is 12.9. The van der Waals surface area contributed by atoms with Crippen LogP contribution in [0.4, 0.5) is 32.0 Å². The number of carbonyl (C=O) groups excluding carboxylic acids is 1. The lowest BCUT2D eigenvalue weighted by atomic mass is 9.88. The predicted molar refractivity (Wildman–Crippen MR) is 130 cm³/mol. The van der Waals surface area contributed by atoms with Crippen molar-refractivity contribution in [1.82, 2.24) is 0 Å². The highest BCUT2D eigenvalue weighted by Crippen LogP contribution is 2.35. The molecule has 3 nitrogen and oxygen atoms in total. The molecule has 3 rings (SSSR count). The number of esters is 1. The van der Waals surface area contributed by atoms with Gasteiger partial charge in [0.1, 0.15) is 0 Å². The van der Waals surface area contributed by atoms with Gasteiger partial charge in [-0.2, -0.15) is 26.3 Å². The Labute approximate surface area is 211 Å². The Balaban J connectivity index is 1.98. The van der Waals surface area contributed by atoms with Crippen molar-refractivity contribution in [1.29, 1.82) is 0 Å². The van der Waals surface area contributed by atoms with Crippen molar-refractivity contribution in [2.45, 2.75) is 45.1 Å². The Morgan fingerprint density at radius 1 is 0.811 bits per heavy atom. The first-order chi connectivity index (χ1) is 17.3. The molecule has 0 aromatic heterocycles. The summed E-state index contributed by atoms with van der Waals surface area (Å²) in [6.45, 7) is 4.11. The number of hydrogen-bond donors (Lipinski definition) is 1. The van der Waals surface area contributed by atoms with E-state index in [9.17, 15) is 31.1 Å². The molecule has 0 radical (unpaired) electrons. The minimum absolute atomic E-state index is 0.155. The Bertz CT molecular complexity index is 1200. The first kappa shape index (κ1) is 28.1. The molecule has 9 heteroatoms. The van der Waals surface area contributed by atoms with Crippen LogP contribution in [0.2, 0.25) is 0 Å². The molecule has 0 saturated carbocycles. The maximum Gasteiger partial charge on any atom is 0.416 e. The molecule has 0 spiro atoms. The zero-order chi connectivity index (χ0) is 27.4. The summed E-state index contributed by atoms with van der Waals surface area (Å²) < 4.78 is 82.7. The highest BCUT2D eigenvalue weighted by Gasteiger charge is 2.31. The van der Waals surface area contributed by atoms with Gasteiger partial charge in [-0.05, 0) is 71.0 Å². The van der Waals surface area contributed by atoms with Crippen LogP contribution in [0, 0.1) is 5.92 Å². The van der Waals surface area contributed by atoms with Crippen molar-refractivity contribution < 1.29 is 35.9 Å². The number of hydrogen-bond acceptors (Lipinski definition) is 3. The molecule has 0 bridgehead atoms. The van der Waals surface area contributed by atoms with E-state index in [4.69, 9.17) is 4.74 Å². The molecule has 0 aliphatic heterocycles. The zero-order valence-electron chi connectivity index (χ0n) is 20.5. The second-order valence-corrected chi connectivity index (χ2v) is 9.17. The van der Waals surface area contributed by atoms with E-state index in [-0.39, 0.29) is 12.5 Å². The SMILES string of the molecule is COC(=O)C(CC(C)C)c1cc(NCc2ccc(C(F)(F)F)cc2)cc(-c2ccc(C(F)(F)F)cc2)c1. The Kier molecular flexibility index (Phi) is 8.56. The summed E-state index contributed by atoms with van der Waals surface area (Å²) in [5.74, 6) is -0.889. The molecular weight excluding hydrogens is 496 g/mol. The fourth-order valence-corrected chi connectivity index (χ4v) is 3.97. The highest BCUT2D eigenvalue weighted by molar-refractivity contribution is 5.80. The molecular formula is C28H27F6NO2. The molecule has 37 heavy (non-hydrogen) atoms. The molecule has 0 aliphatic rings. The molecule has 0 aliphatic carbocycles. The number of ether oxygens (including phenoxy) is 1. The van der Waals surface area contributed by atoms with Crippen molar-refractivity contribution in [2.24, 2.45) is 5.92 Å². The third-order valence-corrected chi connectivity index (χ3v) is 5.87. The van der Waals surface area contributed by atoms with Crippen LogP contribution in [-0.4, -0.2) is 13.1 Å². The van der Waals surface area contributed by atoms with E-state index >= 15 is 0 Å². The predicted octanol–water partition coefficient (Wildman–Crippen LogP) is 8.31. The maximum absolute atomic E-state index is 13.0. The molecule has 198 valence electrons. The van der Waals surface area contributed by atoms with Gasteiger partial charge < -0.3 is 10.1 Å². The van der Waals surface area contributed by atoms with Gasteiger partial charge in [-0.1, -0.05) is 44.2 Å². The van der Waals surface area contributed by atoms with Gasteiger partial charge in [-0.3, -0.25) is 4.79 Å². The summed E-state index contributed by atoms with van der Waals surface area (Å²) in [5.41, 5.74) is 1.34. The molecule has 0 heterocycles. The Morgan fingerprint density at radius 3 is 1.84 bits per heavy atom. The van der Waals surface area contributed by atoms with Crippen LogP contribution < -0.4 is 5.32 Å². The molecule has 1 atom stereocenters. The van der Waals surface area contributed by atoms with Crippen LogP contribution in [0.25, 0.3) is 11.1 Å². The van der Waals surface area contributed by atoms with Crippen molar-refractivity contribution in [3.05, 3.63) is 89.0 Å². The summed E-state index contributed by atoms with van der Waals surface area (Å²) in [5, 5.41) is 3.16. The molecule has 3 aromatic rings. The largest absolute Gasteiger partial charge is 0.469 e. The molecule has 3 aromatic carbocycles. The minimum Gasteiger partial charge on any atom is -0.469 e. The van der Waals surface area contributed by atoms with E-state index in [1.54, 1.807) is 18.2 Å². The number of benzene rings is 3. The highest BCUT2D eigenvalue weighted by atomic mass is 19.4. The number of anilines is 1. The lowest BCUT2D eigenvalue weighted by molar-refractivity contribution is -0.143. The van der Waals surface area contributed by atoms with Crippen LogP contribution in [0.15, 0.2) is 66.7 Å². The van der Waals surface area contributed by atoms with Crippen LogP contribution in [-0.2, 0) is 28.4 Å². The second-order valence-electron chi connectivity index (χ2n) is 9.17. The zero-order valence-corrected chi connectivity index (χ0v) is 20.5. The summed E-state index contributed by atoms with van der Waals surface area (Å²) in [6, 6.07) is 14.6. The number of methoxy groups -OCH3 is 1. The van der Waals surface area contributed by atoms with Crippen LogP contribution in [0.5, 0.6) is 0 Å². The van der Waals surface area contributed by atoms with Crippen LogP contribution in [0.1, 0.15) is 48.4 Å². The van der Waals surface area contributed by atoms with E-state index in [0.29, 0.717) is 34.4 Å². The lowest BCUT2D eigenvalue weighted by Crippen LogP contribution is -2.17. The average molecular weight is 524 g/mol. The molecule has 0 saturated heterocycles. The molecule has 1 N–H and O–H groups in total. The molecule has 0 amide bonds. The first-order valence-corrected chi connectivity index (χ1v) is 11.6. The van der Waals surface area contributed by atoms with Crippen molar-refractivity contribution in [2.75, 3.05) is 12.4 Å². The van der Waals surface area contributed by atoms with E-state index in [1.165, 1.54) is 31.4 Å². The van der Waals surface area contributed by atoms with E-state index < -0.39 is 35.4 Å². The van der Waals surface area contributed by atoms with Gasteiger partial charge in [0.2, 0.25) is 0 Å². The van der Waals surface area contributed by atoms with E-state index in [0.717, 1.165) is 24.3 Å². The monoisotopic (exact) mass is 523 g/mol. The van der Waals surface area contributed by atoms with Gasteiger partial charge in [0, 0.05) is 12.2 Å². The van der Waals surface area contributed by atoms with Crippen LogP contribution in [0.3, 0.4) is 0 Å². The van der Waals surface area contributed by atoms with E-state index in [1.807, 2.05) is 13.8 Å². The van der Waals surface area contributed by atoms with Crippen molar-refractivity contribution in [3.8, 4) is 11.1 Å². The lowest BCUT2D eigenvalue weighted by Gasteiger charge is -2.20. The Hall–Kier alpha value is -3.49. The number of rotatable bonds is 8. The quantitative estimate of drug-likeness (QED) is 0.238. The summed E-state index contributed by atoms with van der Waals surface area (Å²) in [4.78, 5) is 12.6. The fraction of sp³-hybridized carbons (Fsp3) is 0.321. The summed E-state index contributed by atoms with van der Waals surface area (Å²) in [7, 11) is 1.29. The third kappa shape index (κ3) is 7.50. The van der Waals surface area contributed by atoms with Gasteiger partial charge in [0.15, 0.2) is 0 Å². The molecule has 1 unspecified atom stereocenters.